The molecule has 0 radical (unpaired) electrons. The SMILES string of the molecule is CCOc1cc(CN2CCC(Nc3cnc(C(=O)OC)cn3)CC2)ccc1F. The molecule has 2 heterocycles. The Morgan fingerprint density at radius 2 is 2.07 bits per heavy atom. The summed E-state index contributed by atoms with van der Waals surface area (Å²) in [6.07, 6.45) is 4.88. The van der Waals surface area contributed by atoms with E-state index in [2.05, 4.69) is 24.9 Å². The first-order valence-corrected chi connectivity index (χ1v) is 9.39. The topological polar surface area (TPSA) is 76.6 Å². The molecule has 8 heteroatoms. The molecular weight excluding hydrogens is 363 g/mol. The molecular formula is C20H25FN4O3. The lowest BCUT2D eigenvalue weighted by molar-refractivity contribution is 0.0593. The van der Waals surface area contributed by atoms with Gasteiger partial charge in [0.2, 0.25) is 0 Å². The molecule has 1 aromatic carbocycles. The smallest absolute Gasteiger partial charge is 0.358 e. The Balaban J connectivity index is 1.49. The van der Waals surface area contributed by atoms with Crippen LogP contribution in [0.15, 0.2) is 30.6 Å². The molecule has 0 bridgehead atoms. The molecule has 1 aliphatic rings. The van der Waals surface area contributed by atoms with Gasteiger partial charge in [0.1, 0.15) is 5.82 Å². The Labute approximate surface area is 163 Å². The van der Waals surface area contributed by atoms with Crippen molar-refractivity contribution in [1.82, 2.24) is 14.9 Å². The Bertz CT molecular complexity index is 793. The van der Waals surface area contributed by atoms with Gasteiger partial charge in [-0.15, -0.1) is 0 Å². The first kappa shape index (κ1) is 20.0. The van der Waals surface area contributed by atoms with Gasteiger partial charge in [0, 0.05) is 25.7 Å². The zero-order valence-electron chi connectivity index (χ0n) is 16.2. The second kappa shape index (κ2) is 9.45. The predicted molar refractivity (Wildman–Crippen MR) is 103 cm³/mol. The second-order valence-electron chi connectivity index (χ2n) is 6.67. The first-order valence-electron chi connectivity index (χ1n) is 9.39. The number of hydrogen-bond acceptors (Lipinski definition) is 7. The van der Waals surface area contributed by atoms with Crippen molar-refractivity contribution in [3.8, 4) is 5.75 Å². The van der Waals surface area contributed by atoms with E-state index in [0.717, 1.165) is 38.0 Å². The lowest BCUT2D eigenvalue weighted by Gasteiger charge is -2.32. The minimum Gasteiger partial charge on any atom is -0.491 e. The van der Waals surface area contributed by atoms with Gasteiger partial charge in [-0.2, -0.15) is 0 Å². The number of piperidine rings is 1. The molecule has 3 rings (SSSR count). The van der Waals surface area contributed by atoms with Crippen LogP contribution in [0.25, 0.3) is 0 Å². The molecule has 0 atom stereocenters. The van der Waals surface area contributed by atoms with Gasteiger partial charge < -0.3 is 14.8 Å². The highest BCUT2D eigenvalue weighted by Crippen LogP contribution is 2.22. The minimum absolute atomic E-state index is 0.189. The molecule has 150 valence electrons. The maximum absolute atomic E-state index is 13.7. The van der Waals surface area contributed by atoms with Gasteiger partial charge in [-0.25, -0.2) is 19.2 Å². The van der Waals surface area contributed by atoms with E-state index in [0.29, 0.717) is 24.2 Å². The molecule has 0 unspecified atom stereocenters. The van der Waals surface area contributed by atoms with Gasteiger partial charge in [0.25, 0.3) is 0 Å². The van der Waals surface area contributed by atoms with E-state index in [1.165, 1.54) is 19.4 Å². The number of benzene rings is 1. The van der Waals surface area contributed by atoms with Crippen molar-refractivity contribution >= 4 is 11.8 Å². The van der Waals surface area contributed by atoms with Gasteiger partial charge >= 0.3 is 5.97 Å². The molecule has 7 nitrogen and oxygen atoms in total. The zero-order valence-corrected chi connectivity index (χ0v) is 16.2. The fourth-order valence-corrected chi connectivity index (χ4v) is 3.23. The molecule has 1 aliphatic heterocycles. The summed E-state index contributed by atoms with van der Waals surface area (Å²) in [6.45, 7) is 4.90. The third-order valence-corrected chi connectivity index (χ3v) is 4.69. The van der Waals surface area contributed by atoms with Crippen LogP contribution in [0.3, 0.4) is 0 Å². The number of anilines is 1. The molecule has 1 aromatic heterocycles. The average molecular weight is 388 g/mol. The summed E-state index contributed by atoms with van der Waals surface area (Å²) in [5.74, 6) is 0.130. The summed E-state index contributed by atoms with van der Waals surface area (Å²) >= 11 is 0. The van der Waals surface area contributed by atoms with E-state index in [1.807, 2.05) is 6.92 Å². The highest BCUT2D eigenvalue weighted by atomic mass is 19.1. The number of ether oxygens (including phenoxy) is 2. The van der Waals surface area contributed by atoms with Gasteiger partial charge in [0.05, 0.1) is 26.1 Å². The van der Waals surface area contributed by atoms with Gasteiger partial charge in [-0.3, -0.25) is 4.90 Å². The van der Waals surface area contributed by atoms with E-state index in [-0.39, 0.29) is 11.5 Å². The predicted octanol–water partition coefficient (Wildman–Crippen LogP) is 2.88. The van der Waals surface area contributed by atoms with Crippen LogP contribution in [-0.2, 0) is 11.3 Å². The molecule has 2 aromatic rings. The monoisotopic (exact) mass is 388 g/mol. The number of carbonyl (C=O) groups excluding carboxylic acids is 1. The summed E-state index contributed by atoms with van der Waals surface area (Å²) in [5, 5.41) is 3.36. The van der Waals surface area contributed by atoms with Crippen LogP contribution in [0, 0.1) is 5.82 Å². The largest absolute Gasteiger partial charge is 0.491 e. The Kier molecular flexibility index (Phi) is 6.76. The van der Waals surface area contributed by atoms with Crippen LogP contribution in [0.1, 0.15) is 35.8 Å². The quantitative estimate of drug-likeness (QED) is 0.731. The van der Waals surface area contributed by atoms with Crippen LogP contribution in [0.4, 0.5) is 10.2 Å². The van der Waals surface area contributed by atoms with Crippen molar-refractivity contribution < 1.29 is 18.7 Å². The standard InChI is InChI=1S/C20H25FN4O3/c1-3-28-18-10-14(4-5-16(18)21)13-25-8-6-15(7-9-25)24-19-12-22-17(11-23-19)20(26)27-2/h4-5,10-12,15H,3,6-9,13H2,1-2H3,(H,23,24). The average Bonchev–Trinajstić information content (AvgIpc) is 2.72. The Hall–Kier alpha value is -2.74. The number of rotatable bonds is 7. The highest BCUT2D eigenvalue weighted by Gasteiger charge is 2.20. The summed E-state index contributed by atoms with van der Waals surface area (Å²) in [4.78, 5) is 22.0. The number of nitrogens with zero attached hydrogens (tertiary/aromatic N) is 3. The first-order chi connectivity index (χ1) is 13.6. The highest BCUT2D eigenvalue weighted by molar-refractivity contribution is 5.86. The van der Waals surface area contributed by atoms with Crippen LogP contribution in [0.5, 0.6) is 5.75 Å². The van der Waals surface area contributed by atoms with Gasteiger partial charge in [0.15, 0.2) is 17.3 Å². The van der Waals surface area contributed by atoms with Crippen molar-refractivity contribution in [1.29, 1.82) is 0 Å². The number of hydrogen-bond donors (Lipinski definition) is 1. The lowest BCUT2D eigenvalue weighted by atomic mass is 10.0. The molecule has 1 fully saturated rings. The number of nitrogens with one attached hydrogen (secondary N) is 1. The molecule has 0 amide bonds. The number of halogens is 1. The van der Waals surface area contributed by atoms with Crippen LogP contribution >= 0.6 is 0 Å². The second-order valence-corrected chi connectivity index (χ2v) is 6.67. The lowest BCUT2D eigenvalue weighted by Crippen LogP contribution is -2.38. The van der Waals surface area contributed by atoms with Gasteiger partial charge in [-0.05, 0) is 37.5 Å². The molecule has 1 saturated heterocycles. The maximum atomic E-state index is 13.7. The fourth-order valence-electron chi connectivity index (χ4n) is 3.23. The van der Waals surface area contributed by atoms with Crippen LogP contribution in [-0.4, -0.2) is 53.7 Å². The Morgan fingerprint density at radius 3 is 2.71 bits per heavy atom. The molecule has 1 N–H and O–H groups in total. The number of likely N-dealkylation sites (tertiary alicyclic amines) is 1. The third kappa shape index (κ3) is 5.16. The van der Waals surface area contributed by atoms with E-state index in [9.17, 15) is 9.18 Å². The van der Waals surface area contributed by atoms with Gasteiger partial charge in [-0.1, -0.05) is 6.07 Å². The number of carbonyl (C=O) groups is 1. The van der Waals surface area contributed by atoms with E-state index in [1.54, 1.807) is 18.3 Å². The molecule has 28 heavy (non-hydrogen) atoms. The van der Waals surface area contributed by atoms with Crippen LogP contribution in [0.2, 0.25) is 0 Å². The number of esters is 1. The zero-order chi connectivity index (χ0) is 19.9. The van der Waals surface area contributed by atoms with Crippen molar-refractivity contribution in [2.45, 2.75) is 32.4 Å². The summed E-state index contributed by atoms with van der Waals surface area (Å²) in [6, 6.07) is 5.34. The number of methoxy groups -OCH3 is 1. The van der Waals surface area contributed by atoms with Crippen LogP contribution < -0.4 is 10.1 Å². The fraction of sp³-hybridized carbons (Fsp3) is 0.450. The van der Waals surface area contributed by atoms with E-state index >= 15 is 0 Å². The molecule has 0 spiro atoms. The minimum atomic E-state index is -0.499. The van der Waals surface area contributed by atoms with Crippen molar-refractivity contribution in [2.75, 3.05) is 32.1 Å². The molecule has 0 aliphatic carbocycles. The third-order valence-electron chi connectivity index (χ3n) is 4.69. The van der Waals surface area contributed by atoms with E-state index in [4.69, 9.17) is 4.74 Å². The van der Waals surface area contributed by atoms with Crippen molar-refractivity contribution in [3.63, 3.8) is 0 Å². The van der Waals surface area contributed by atoms with E-state index < -0.39 is 5.97 Å². The summed E-state index contributed by atoms with van der Waals surface area (Å²) in [5.41, 5.74) is 1.23. The summed E-state index contributed by atoms with van der Waals surface area (Å²) in [7, 11) is 1.31. The normalized spacial score (nSPS) is 15.2. The number of aromatic nitrogens is 2. The van der Waals surface area contributed by atoms with Crippen molar-refractivity contribution in [3.05, 3.63) is 47.7 Å². The Morgan fingerprint density at radius 1 is 1.29 bits per heavy atom. The maximum Gasteiger partial charge on any atom is 0.358 e. The molecule has 0 saturated carbocycles. The summed E-state index contributed by atoms with van der Waals surface area (Å²) < 4.78 is 23.7. The van der Waals surface area contributed by atoms with Crippen molar-refractivity contribution in [2.24, 2.45) is 0 Å².